The number of nitrogen functional groups attached to an aromatic ring is 1. The highest BCUT2D eigenvalue weighted by Crippen LogP contribution is 2.28. The Balaban J connectivity index is 2.10. The maximum Gasteiger partial charge on any atom is 0.387 e. The molecule has 0 saturated heterocycles. The van der Waals surface area contributed by atoms with E-state index in [4.69, 9.17) is 5.73 Å². The van der Waals surface area contributed by atoms with Crippen LogP contribution in [0.1, 0.15) is 0 Å². The van der Waals surface area contributed by atoms with Crippen LogP contribution in [0.25, 0.3) is 0 Å². The van der Waals surface area contributed by atoms with E-state index in [-0.39, 0.29) is 5.75 Å². The molecule has 6 heteroatoms. The van der Waals surface area contributed by atoms with Crippen molar-refractivity contribution in [2.24, 2.45) is 0 Å². The van der Waals surface area contributed by atoms with Gasteiger partial charge in [-0.1, -0.05) is 0 Å². The van der Waals surface area contributed by atoms with Crippen molar-refractivity contribution >= 4 is 33.0 Å². The fourth-order valence-corrected chi connectivity index (χ4v) is 2.00. The monoisotopic (exact) mass is 328 g/mol. The van der Waals surface area contributed by atoms with E-state index in [0.717, 1.165) is 15.8 Å². The van der Waals surface area contributed by atoms with E-state index in [1.54, 1.807) is 24.3 Å². The normalized spacial score (nSPS) is 10.5. The lowest BCUT2D eigenvalue weighted by atomic mass is 10.2. The van der Waals surface area contributed by atoms with Gasteiger partial charge in [0.1, 0.15) is 5.75 Å². The van der Waals surface area contributed by atoms with Gasteiger partial charge in [0.25, 0.3) is 0 Å². The van der Waals surface area contributed by atoms with Crippen molar-refractivity contribution in [1.82, 2.24) is 0 Å². The molecule has 0 aliphatic rings. The number of hydrogen-bond donors (Lipinski definition) is 2. The summed E-state index contributed by atoms with van der Waals surface area (Å²) in [4.78, 5) is 0. The van der Waals surface area contributed by atoms with E-state index in [1.807, 2.05) is 6.07 Å². The highest BCUT2D eigenvalue weighted by atomic mass is 79.9. The van der Waals surface area contributed by atoms with Gasteiger partial charge in [-0.2, -0.15) is 8.78 Å². The maximum atomic E-state index is 12.0. The first-order valence-corrected chi connectivity index (χ1v) is 6.21. The zero-order valence-corrected chi connectivity index (χ0v) is 11.3. The summed E-state index contributed by atoms with van der Waals surface area (Å²) < 4.78 is 29.1. The summed E-state index contributed by atoms with van der Waals surface area (Å²) in [5, 5.41) is 3.13. The van der Waals surface area contributed by atoms with E-state index < -0.39 is 6.61 Å². The van der Waals surface area contributed by atoms with E-state index in [0.29, 0.717) is 5.69 Å². The zero-order valence-electron chi connectivity index (χ0n) is 9.74. The van der Waals surface area contributed by atoms with Crippen LogP contribution in [0.5, 0.6) is 5.75 Å². The Bertz CT molecular complexity index is 561. The van der Waals surface area contributed by atoms with Crippen LogP contribution in [0.4, 0.5) is 25.8 Å². The minimum atomic E-state index is -2.81. The Morgan fingerprint density at radius 2 is 1.79 bits per heavy atom. The Morgan fingerprint density at radius 1 is 1.11 bits per heavy atom. The number of halogens is 3. The molecule has 0 atom stereocenters. The molecule has 2 aromatic carbocycles. The SMILES string of the molecule is Nc1ccc(Nc2ccc(OC(F)F)cc2)c(Br)c1. The summed E-state index contributed by atoms with van der Waals surface area (Å²) >= 11 is 3.39. The van der Waals surface area contributed by atoms with Gasteiger partial charge >= 0.3 is 6.61 Å². The van der Waals surface area contributed by atoms with Crippen molar-refractivity contribution in [3.8, 4) is 5.75 Å². The van der Waals surface area contributed by atoms with E-state index >= 15 is 0 Å². The molecule has 100 valence electrons. The van der Waals surface area contributed by atoms with Crippen molar-refractivity contribution in [1.29, 1.82) is 0 Å². The minimum absolute atomic E-state index is 0.122. The summed E-state index contributed by atoms with van der Waals surface area (Å²) in [5.41, 5.74) is 7.88. The predicted molar refractivity (Wildman–Crippen MR) is 74.9 cm³/mol. The first-order valence-electron chi connectivity index (χ1n) is 5.41. The smallest absolute Gasteiger partial charge is 0.387 e. The average molecular weight is 329 g/mol. The molecule has 0 bridgehead atoms. The topological polar surface area (TPSA) is 47.3 Å². The summed E-state index contributed by atoms with van der Waals surface area (Å²) in [6.45, 7) is -2.81. The molecule has 0 aliphatic heterocycles. The average Bonchev–Trinajstić information content (AvgIpc) is 2.34. The molecule has 0 aliphatic carbocycles. The third-order valence-corrected chi connectivity index (χ3v) is 3.01. The molecule has 0 amide bonds. The number of benzene rings is 2. The number of alkyl halides is 2. The van der Waals surface area contributed by atoms with Gasteiger partial charge < -0.3 is 15.8 Å². The van der Waals surface area contributed by atoms with Crippen LogP contribution in [0.15, 0.2) is 46.9 Å². The molecule has 0 heterocycles. The maximum absolute atomic E-state index is 12.0. The number of nitrogens with one attached hydrogen (secondary N) is 1. The molecule has 3 N–H and O–H groups in total. The van der Waals surface area contributed by atoms with Crippen LogP contribution >= 0.6 is 15.9 Å². The summed E-state index contributed by atoms with van der Waals surface area (Å²) in [6.07, 6.45) is 0. The van der Waals surface area contributed by atoms with E-state index in [9.17, 15) is 8.78 Å². The first kappa shape index (κ1) is 13.6. The fraction of sp³-hybridized carbons (Fsp3) is 0.0769. The quantitative estimate of drug-likeness (QED) is 0.819. The van der Waals surface area contributed by atoms with Crippen molar-refractivity contribution in [2.75, 3.05) is 11.1 Å². The van der Waals surface area contributed by atoms with Crippen molar-refractivity contribution in [2.45, 2.75) is 6.61 Å². The number of rotatable bonds is 4. The molecular formula is C13H11BrF2N2O. The van der Waals surface area contributed by atoms with Gasteiger partial charge in [0.15, 0.2) is 0 Å². The fourth-order valence-electron chi connectivity index (χ4n) is 1.51. The molecule has 0 aromatic heterocycles. The third kappa shape index (κ3) is 3.82. The lowest BCUT2D eigenvalue weighted by Gasteiger charge is -2.10. The number of nitrogens with two attached hydrogens (primary N) is 1. The van der Waals surface area contributed by atoms with Gasteiger partial charge in [-0.15, -0.1) is 0 Å². The largest absolute Gasteiger partial charge is 0.435 e. The summed E-state index contributed by atoms with van der Waals surface area (Å²) in [7, 11) is 0. The minimum Gasteiger partial charge on any atom is -0.435 e. The van der Waals surface area contributed by atoms with E-state index in [1.165, 1.54) is 12.1 Å². The highest BCUT2D eigenvalue weighted by Gasteiger charge is 2.04. The van der Waals surface area contributed by atoms with Crippen molar-refractivity contribution in [3.05, 3.63) is 46.9 Å². The van der Waals surface area contributed by atoms with Gasteiger partial charge in [0.05, 0.1) is 5.69 Å². The number of hydrogen-bond acceptors (Lipinski definition) is 3. The molecule has 0 radical (unpaired) electrons. The van der Waals surface area contributed by atoms with Gasteiger partial charge in [-0.3, -0.25) is 0 Å². The Labute approximate surface area is 117 Å². The highest BCUT2D eigenvalue weighted by molar-refractivity contribution is 9.10. The summed E-state index contributed by atoms with van der Waals surface area (Å²) in [6, 6.07) is 11.6. The molecule has 0 fully saturated rings. The van der Waals surface area contributed by atoms with Crippen LogP contribution in [-0.4, -0.2) is 6.61 Å². The van der Waals surface area contributed by atoms with Crippen LogP contribution in [0.3, 0.4) is 0 Å². The Kier molecular flexibility index (Phi) is 4.21. The van der Waals surface area contributed by atoms with Gasteiger partial charge in [0.2, 0.25) is 0 Å². The Morgan fingerprint density at radius 3 is 2.37 bits per heavy atom. The van der Waals surface area contributed by atoms with Crippen LogP contribution in [0.2, 0.25) is 0 Å². The molecule has 2 rings (SSSR count). The third-order valence-electron chi connectivity index (χ3n) is 2.35. The van der Waals surface area contributed by atoms with E-state index in [2.05, 4.69) is 26.0 Å². The first-order chi connectivity index (χ1) is 9.04. The molecule has 0 unspecified atom stereocenters. The second-order valence-corrected chi connectivity index (χ2v) is 4.62. The molecule has 2 aromatic rings. The van der Waals surface area contributed by atoms with Gasteiger partial charge in [-0.05, 0) is 58.4 Å². The molecule has 3 nitrogen and oxygen atoms in total. The van der Waals surface area contributed by atoms with Gasteiger partial charge in [0, 0.05) is 15.8 Å². The van der Waals surface area contributed by atoms with Gasteiger partial charge in [-0.25, -0.2) is 0 Å². The van der Waals surface area contributed by atoms with Crippen LogP contribution < -0.4 is 15.8 Å². The second kappa shape index (κ2) is 5.88. The molecule has 0 saturated carbocycles. The van der Waals surface area contributed by atoms with Crippen molar-refractivity contribution in [3.63, 3.8) is 0 Å². The zero-order chi connectivity index (χ0) is 13.8. The van der Waals surface area contributed by atoms with Crippen LogP contribution in [0, 0.1) is 0 Å². The Hall–Kier alpha value is -1.82. The van der Waals surface area contributed by atoms with Crippen LogP contribution in [-0.2, 0) is 0 Å². The molecular weight excluding hydrogens is 318 g/mol. The lowest BCUT2D eigenvalue weighted by molar-refractivity contribution is -0.0498. The second-order valence-electron chi connectivity index (χ2n) is 3.77. The molecule has 0 spiro atoms. The predicted octanol–water partition coefficient (Wildman–Crippen LogP) is 4.38. The standard InChI is InChI=1S/C13H11BrF2N2O/c14-11-7-8(17)1-6-12(11)18-9-2-4-10(5-3-9)19-13(15)16/h1-7,13,18H,17H2. The molecule has 19 heavy (non-hydrogen) atoms. The number of ether oxygens (including phenoxy) is 1. The number of anilines is 3. The van der Waals surface area contributed by atoms with Crippen molar-refractivity contribution < 1.29 is 13.5 Å². The summed E-state index contributed by atoms with van der Waals surface area (Å²) in [5.74, 6) is 0.122. The lowest BCUT2D eigenvalue weighted by Crippen LogP contribution is -2.01.